The molecule has 1 fully saturated rings. The van der Waals surface area contributed by atoms with Gasteiger partial charge in [-0.05, 0) is 37.1 Å². The van der Waals surface area contributed by atoms with Crippen LogP contribution in [0, 0.1) is 11.3 Å². The van der Waals surface area contributed by atoms with Gasteiger partial charge in [-0.25, -0.2) is 0 Å². The molecule has 0 unspecified atom stereocenters. The van der Waals surface area contributed by atoms with E-state index in [1.165, 1.54) is 6.42 Å². The van der Waals surface area contributed by atoms with E-state index in [0.717, 1.165) is 19.3 Å². The molecule has 3 N–H and O–H groups in total. The molecule has 0 amide bonds. The minimum Gasteiger partial charge on any atom is -0.481 e. The third-order valence-corrected chi connectivity index (χ3v) is 3.09. The summed E-state index contributed by atoms with van der Waals surface area (Å²) < 4.78 is 0. The van der Waals surface area contributed by atoms with E-state index in [2.05, 4.69) is 6.92 Å². The molecule has 0 spiro atoms. The van der Waals surface area contributed by atoms with Crippen LogP contribution >= 0.6 is 0 Å². The molecule has 0 radical (unpaired) electrons. The summed E-state index contributed by atoms with van der Waals surface area (Å²) in [6, 6.07) is 0. The zero-order chi connectivity index (χ0) is 9.90. The number of carbonyl (C=O) groups is 1. The SMILES string of the molecule is C[C@@]1(CC(=O)O)CCC[C@H](CN)C1. The van der Waals surface area contributed by atoms with Crippen LogP contribution in [0.15, 0.2) is 0 Å². The van der Waals surface area contributed by atoms with E-state index in [9.17, 15) is 4.79 Å². The van der Waals surface area contributed by atoms with E-state index < -0.39 is 5.97 Å². The topological polar surface area (TPSA) is 63.3 Å². The first-order valence-corrected chi connectivity index (χ1v) is 4.97. The van der Waals surface area contributed by atoms with Gasteiger partial charge in [0.2, 0.25) is 0 Å². The standard InChI is InChI=1S/C10H19NO2/c1-10(6-9(12)13)4-2-3-8(5-10)7-11/h8H,2-7,11H2,1H3,(H,12,13)/t8-,10+/m0/s1. The molecule has 1 saturated carbocycles. The van der Waals surface area contributed by atoms with Gasteiger partial charge in [0, 0.05) is 0 Å². The fourth-order valence-electron chi connectivity index (χ4n) is 2.45. The van der Waals surface area contributed by atoms with Gasteiger partial charge in [0.05, 0.1) is 6.42 Å². The van der Waals surface area contributed by atoms with E-state index in [4.69, 9.17) is 10.8 Å². The third-order valence-electron chi connectivity index (χ3n) is 3.09. The molecule has 1 aliphatic rings. The van der Waals surface area contributed by atoms with Crippen molar-refractivity contribution in [1.29, 1.82) is 0 Å². The highest BCUT2D eigenvalue weighted by molar-refractivity contribution is 5.67. The number of carboxylic acid groups (broad SMARTS) is 1. The molecule has 3 heteroatoms. The summed E-state index contributed by atoms with van der Waals surface area (Å²) in [6.07, 6.45) is 4.62. The van der Waals surface area contributed by atoms with E-state index >= 15 is 0 Å². The van der Waals surface area contributed by atoms with Crippen LogP contribution < -0.4 is 5.73 Å². The predicted octanol–water partition coefficient (Wildman–Crippen LogP) is 1.62. The molecule has 0 bridgehead atoms. The van der Waals surface area contributed by atoms with Gasteiger partial charge in [-0.2, -0.15) is 0 Å². The van der Waals surface area contributed by atoms with Crippen LogP contribution in [0.5, 0.6) is 0 Å². The number of rotatable bonds is 3. The van der Waals surface area contributed by atoms with Crippen molar-refractivity contribution in [3.63, 3.8) is 0 Å². The second-order valence-corrected chi connectivity index (χ2v) is 4.58. The lowest BCUT2D eigenvalue weighted by atomic mass is 9.69. The van der Waals surface area contributed by atoms with Crippen LogP contribution in [0.1, 0.15) is 39.0 Å². The molecule has 0 heterocycles. The molecule has 13 heavy (non-hydrogen) atoms. The Morgan fingerprint density at radius 1 is 1.69 bits per heavy atom. The monoisotopic (exact) mass is 185 g/mol. The summed E-state index contributed by atoms with van der Waals surface area (Å²) in [5.74, 6) is -0.140. The molecule has 0 aromatic heterocycles. The van der Waals surface area contributed by atoms with Gasteiger partial charge in [-0.3, -0.25) is 4.79 Å². The number of hydrogen-bond donors (Lipinski definition) is 2. The number of aliphatic carboxylic acids is 1. The van der Waals surface area contributed by atoms with Crippen molar-refractivity contribution >= 4 is 5.97 Å². The molecule has 2 atom stereocenters. The molecule has 0 aromatic carbocycles. The van der Waals surface area contributed by atoms with Gasteiger partial charge >= 0.3 is 5.97 Å². The average molecular weight is 185 g/mol. The molecule has 0 aliphatic heterocycles. The largest absolute Gasteiger partial charge is 0.481 e. The molecule has 0 aromatic rings. The highest BCUT2D eigenvalue weighted by Crippen LogP contribution is 2.41. The molecular weight excluding hydrogens is 166 g/mol. The second-order valence-electron chi connectivity index (χ2n) is 4.58. The van der Waals surface area contributed by atoms with Gasteiger partial charge in [-0.1, -0.05) is 13.3 Å². The van der Waals surface area contributed by atoms with Gasteiger partial charge in [0.25, 0.3) is 0 Å². The van der Waals surface area contributed by atoms with E-state index in [1.807, 2.05) is 0 Å². The summed E-state index contributed by atoms with van der Waals surface area (Å²) >= 11 is 0. The molecule has 3 nitrogen and oxygen atoms in total. The Hall–Kier alpha value is -0.570. The van der Waals surface area contributed by atoms with E-state index in [1.54, 1.807) is 0 Å². The molecule has 1 aliphatic carbocycles. The third kappa shape index (κ3) is 2.99. The van der Waals surface area contributed by atoms with Crippen LogP contribution in [0.3, 0.4) is 0 Å². The van der Waals surface area contributed by atoms with E-state index in [-0.39, 0.29) is 5.41 Å². The highest BCUT2D eigenvalue weighted by atomic mass is 16.4. The van der Waals surface area contributed by atoms with Gasteiger partial charge in [0.1, 0.15) is 0 Å². The first-order valence-electron chi connectivity index (χ1n) is 4.97. The molecule has 76 valence electrons. The Morgan fingerprint density at radius 2 is 2.38 bits per heavy atom. The van der Waals surface area contributed by atoms with Crippen molar-refractivity contribution in [2.75, 3.05) is 6.54 Å². The fourth-order valence-corrected chi connectivity index (χ4v) is 2.45. The van der Waals surface area contributed by atoms with Gasteiger partial charge in [-0.15, -0.1) is 0 Å². The normalized spacial score (nSPS) is 34.5. The summed E-state index contributed by atoms with van der Waals surface area (Å²) in [4.78, 5) is 10.6. The average Bonchev–Trinajstić information content (AvgIpc) is 2.02. The van der Waals surface area contributed by atoms with Crippen molar-refractivity contribution in [1.82, 2.24) is 0 Å². The minimum atomic E-state index is -0.680. The lowest BCUT2D eigenvalue weighted by molar-refractivity contribution is -0.140. The number of nitrogens with two attached hydrogens (primary N) is 1. The minimum absolute atomic E-state index is 0.00583. The smallest absolute Gasteiger partial charge is 0.303 e. The van der Waals surface area contributed by atoms with Crippen LogP contribution in [0.4, 0.5) is 0 Å². The fraction of sp³-hybridized carbons (Fsp3) is 0.900. The summed E-state index contributed by atoms with van der Waals surface area (Å²) in [6.45, 7) is 2.78. The maximum Gasteiger partial charge on any atom is 0.303 e. The van der Waals surface area contributed by atoms with Crippen molar-refractivity contribution in [3.05, 3.63) is 0 Å². The zero-order valence-corrected chi connectivity index (χ0v) is 8.25. The van der Waals surface area contributed by atoms with Crippen molar-refractivity contribution < 1.29 is 9.90 Å². The summed E-state index contributed by atoms with van der Waals surface area (Å²) in [5, 5.41) is 8.76. The first kappa shape index (κ1) is 10.5. The number of hydrogen-bond acceptors (Lipinski definition) is 2. The van der Waals surface area contributed by atoms with Crippen molar-refractivity contribution in [2.24, 2.45) is 17.1 Å². The maximum atomic E-state index is 10.6. The Morgan fingerprint density at radius 3 is 2.92 bits per heavy atom. The summed E-state index contributed by atoms with van der Waals surface area (Å²) in [5.41, 5.74) is 5.60. The molecule has 1 rings (SSSR count). The van der Waals surface area contributed by atoms with Crippen LogP contribution in [0.25, 0.3) is 0 Å². The highest BCUT2D eigenvalue weighted by Gasteiger charge is 2.33. The van der Waals surface area contributed by atoms with Crippen LogP contribution in [-0.2, 0) is 4.79 Å². The van der Waals surface area contributed by atoms with Crippen molar-refractivity contribution in [2.45, 2.75) is 39.0 Å². The molecule has 0 saturated heterocycles. The Balaban J connectivity index is 2.51. The maximum absolute atomic E-state index is 10.6. The van der Waals surface area contributed by atoms with Gasteiger partial charge < -0.3 is 10.8 Å². The second kappa shape index (κ2) is 4.09. The Kier molecular flexibility index (Phi) is 3.31. The van der Waals surface area contributed by atoms with Crippen molar-refractivity contribution in [3.8, 4) is 0 Å². The quantitative estimate of drug-likeness (QED) is 0.702. The van der Waals surface area contributed by atoms with E-state index in [0.29, 0.717) is 18.9 Å². The number of carboxylic acids is 1. The van der Waals surface area contributed by atoms with Gasteiger partial charge in [0.15, 0.2) is 0 Å². The Bertz CT molecular complexity index is 193. The summed E-state index contributed by atoms with van der Waals surface area (Å²) in [7, 11) is 0. The lowest BCUT2D eigenvalue weighted by Gasteiger charge is -2.36. The van der Waals surface area contributed by atoms with Crippen LogP contribution in [-0.4, -0.2) is 17.6 Å². The lowest BCUT2D eigenvalue weighted by Crippen LogP contribution is -2.31. The molecular formula is C10H19NO2. The Labute approximate surface area is 79.3 Å². The zero-order valence-electron chi connectivity index (χ0n) is 8.25. The van der Waals surface area contributed by atoms with Crippen LogP contribution in [0.2, 0.25) is 0 Å². The first-order chi connectivity index (χ1) is 6.06. The predicted molar refractivity (Wildman–Crippen MR) is 51.4 cm³/mol.